The Morgan fingerprint density at radius 2 is 2.00 bits per heavy atom. The number of aromatic nitrogens is 2. The molecule has 1 aliphatic heterocycles. The van der Waals surface area contributed by atoms with Gasteiger partial charge in [-0.3, -0.25) is 0 Å². The van der Waals surface area contributed by atoms with Gasteiger partial charge < -0.3 is 0 Å². The van der Waals surface area contributed by atoms with E-state index in [9.17, 15) is 16.8 Å². The first kappa shape index (κ1) is 15.6. The first-order valence-electron chi connectivity index (χ1n) is 5.96. The van der Waals surface area contributed by atoms with Crippen LogP contribution in [0.3, 0.4) is 0 Å². The number of halogens is 1. The van der Waals surface area contributed by atoms with Crippen LogP contribution >= 0.6 is 11.6 Å². The highest BCUT2D eigenvalue weighted by Gasteiger charge is 2.38. The van der Waals surface area contributed by atoms with E-state index in [0.29, 0.717) is 6.42 Å². The smallest absolute Gasteiger partial charge is 0.229 e. The maximum atomic E-state index is 12.5. The number of hydrogen-bond acceptors (Lipinski definition) is 6. The van der Waals surface area contributed by atoms with E-state index in [1.54, 1.807) is 6.92 Å². The molecular formula is C10H14ClN3O4S2. The van der Waals surface area contributed by atoms with Crippen molar-refractivity contribution in [3.63, 3.8) is 0 Å². The van der Waals surface area contributed by atoms with E-state index in [1.165, 1.54) is 4.31 Å². The van der Waals surface area contributed by atoms with Crippen molar-refractivity contribution in [3.8, 4) is 0 Å². The largest absolute Gasteiger partial charge is 0.246 e. The van der Waals surface area contributed by atoms with E-state index in [-0.39, 0.29) is 28.2 Å². The number of hydrogen-bond donors (Lipinski definition) is 0. The molecule has 0 aromatic carbocycles. The molecule has 20 heavy (non-hydrogen) atoms. The molecule has 0 spiro atoms. The molecular weight excluding hydrogens is 326 g/mol. The van der Waals surface area contributed by atoms with Crippen molar-refractivity contribution in [1.82, 2.24) is 14.3 Å². The summed E-state index contributed by atoms with van der Waals surface area (Å²) in [5.74, 6) is -0.130. The van der Waals surface area contributed by atoms with E-state index in [1.807, 2.05) is 0 Å². The third kappa shape index (κ3) is 3.11. The Morgan fingerprint density at radius 3 is 2.45 bits per heavy atom. The van der Waals surface area contributed by atoms with Crippen LogP contribution in [0.5, 0.6) is 0 Å². The summed E-state index contributed by atoms with van der Waals surface area (Å²) in [5.41, 5.74) is 0. The summed E-state index contributed by atoms with van der Waals surface area (Å²) in [6.07, 6.45) is 2.55. The van der Waals surface area contributed by atoms with Crippen LogP contribution in [-0.4, -0.2) is 55.2 Å². The van der Waals surface area contributed by atoms with Crippen LogP contribution in [0.2, 0.25) is 5.28 Å². The third-order valence-electron chi connectivity index (χ3n) is 3.13. The number of sulfonamides is 1. The molecule has 0 radical (unpaired) electrons. The first-order valence-corrected chi connectivity index (χ1v) is 9.60. The Kier molecular flexibility index (Phi) is 4.33. The normalized spacial score (nSPS) is 22.2. The molecule has 1 fully saturated rings. The van der Waals surface area contributed by atoms with E-state index >= 15 is 0 Å². The Bertz CT molecular complexity index is 688. The van der Waals surface area contributed by atoms with Gasteiger partial charge in [0.1, 0.15) is 4.90 Å². The molecule has 0 bridgehead atoms. The average molecular weight is 340 g/mol. The Morgan fingerprint density at radius 1 is 1.40 bits per heavy atom. The Balaban J connectivity index is 2.33. The fourth-order valence-electron chi connectivity index (χ4n) is 2.20. The zero-order valence-corrected chi connectivity index (χ0v) is 13.1. The quantitative estimate of drug-likeness (QED) is 0.733. The summed E-state index contributed by atoms with van der Waals surface area (Å²) in [6.45, 7) is 1.85. The molecule has 2 rings (SSSR count). The Labute approximate surface area is 123 Å². The molecule has 1 aromatic rings. The minimum atomic E-state index is -3.82. The number of sulfone groups is 1. The number of nitrogens with zero attached hydrogens (tertiary/aromatic N) is 3. The van der Waals surface area contributed by atoms with Crippen molar-refractivity contribution >= 4 is 31.5 Å². The van der Waals surface area contributed by atoms with Crippen LogP contribution in [0.25, 0.3) is 0 Å². The fraction of sp³-hybridized carbons (Fsp3) is 0.600. The highest BCUT2D eigenvalue weighted by atomic mass is 35.5. The van der Waals surface area contributed by atoms with Crippen LogP contribution in [-0.2, 0) is 19.9 Å². The maximum absolute atomic E-state index is 12.5. The molecule has 7 nitrogen and oxygen atoms in total. The Hall–Kier alpha value is -0.770. The fourth-order valence-corrected chi connectivity index (χ4v) is 5.67. The van der Waals surface area contributed by atoms with Crippen LogP contribution in [0.4, 0.5) is 0 Å². The lowest BCUT2D eigenvalue weighted by molar-refractivity contribution is 0.354. The average Bonchev–Trinajstić information content (AvgIpc) is 2.70. The molecule has 0 saturated carbocycles. The lowest BCUT2D eigenvalue weighted by atomic mass is 10.3. The molecule has 0 amide bonds. The van der Waals surface area contributed by atoms with Gasteiger partial charge in [0.25, 0.3) is 0 Å². The summed E-state index contributed by atoms with van der Waals surface area (Å²) < 4.78 is 49.2. The van der Waals surface area contributed by atoms with Crippen molar-refractivity contribution in [1.29, 1.82) is 0 Å². The molecule has 0 N–H and O–H groups in total. The van der Waals surface area contributed by atoms with Crippen LogP contribution in [0.15, 0.2) is 17.3 Å². The minimum Gasteiger partial charge on any atom is -0.229 e. The van der Waals surface area contributed by atoms with Crippen LogP contribution in [0, 0.1) is 0 Å². The predicted molar refractivity (Wildman–Crippen MR) is 73.7 cm³/mol. The van der Waals surface area contributed by atoms with Gasteiger partial charge in [-0.05, 0) is 18.0 Å². The summed E-state index contributed by atoms with van der Waals surface area (Å²) in [6, 6.07) is -0.536. The zero-order chi connectivity index (χ0) is 15.0. The summed E-state index contributed by atoms with van der Waals surface area (Å²) in [5, 5.41) is -0.0459. The maximum Gasteiger partial charge on any atom is 0.246 e. The second-order valence-electron chi connectivity index (χ2n) is 4.45. The SMILES string of the molecule is CCN(C1CCS(=O)(=O)C1)S(=O)(=O)c1cnc(Cl)nc1. The van der Waals surface area contributed by atoms with Crippen molar-refractivity contribution < 1.29 is 16.8 Å². The van der Waals surface area contributed by atoms with Gasteiger partial charge in [-0.1, -0.05) is 6.92 Å². The number of rotatable bonds is 4. The predicted octanol–water partition coefficient (Wildman–Crippen LogP) is 0.328. The standard InChI is InChI=1S/C10H14ClN3O4S2/c1-2-14(8-3-4-19(15,16)7-8)20(17,18)9-5-12-10(11)13-6-9/h5-6,8H,2-4,7H2,1H3. The second kappa shape index (κ2) is 5.55. The third-order valence-corrected chi connectivity index (χ3v) is 7.06. The topological polar surface area (TPSA) is 97.3 Å². The van der Waals surface area contributed by atoms with Crippen molar-refractivity contribution in [2.75, 3.05) is 18.1 Å². The molecule has 112 valence electrons. The van der Waals surface area contributed by atoms with Gasteiger partial charge in [-0.25, -0.2) is 26.8 Å². The van der Waals surface area contributed by atoms with Gasteiger partial charge in [-0.15, -0.1) is 0 Å². The highest BCUT2D eigenvalue weighted by molar-refractivity contribution is 7.92. The van der Waals surface area contributed by atoms with E-state index in [4.69, 9.17) is 11.6 Å². The molecule has 1 saturated heterocycles. The van der Waals surface area contributed by atoms with Crippen molar-refractivity contribution in [2.24, 2.45) is 0 Å². The van der Waals surface area contributed by atoms with Crippen LogP contribution in [0.1, 0.15) is 13.3 Å². The summed E-state index contributed by atoms with van der Waals surface area (Å²) in [7, 11) is -6.97. The molecule has 2 heterocycles. The molecule has 1 unspecified atom stereocenters. The van der Waals surface area contributed by atoms with Gasteiger partial charge in [-0.2, -0.15) is 4.31 Å². The lowest BCUT2D eigenvalue weighted by Crippen LogP contribution is -2.40. The molecule has 1 aromatic heterocycles. The van der Waals surface area contributed by atoms with Gasteiger partial charge in [0, 0.05) is 12.6 Å². The zero-order valence-electron chi connectivity index (χ0n) is 10.7. The van der Waals surface area contributed by atoms with Gasteiger partial charge >= 0.3 is 0 Å². The monoisotopic (exact) mass is 339 g/mol. The van der Waals surface area contributed by atoms with Gasteiger partial charge in [0.05, 0.1) is 23.9 Å². The molecule has 1 aliphatic rings. The van der Waals surface area contributed by atoms with Crippen LogP contribution < -0.4 is 0 Å². The van der Waals surface area contributed by atoms with Crippen molar-refractivity contribution in [3.05, 3.63) is 17.7 Å². The van der Waals surface area contributed by atoms with Gasteiger partial charge in [0.15, 0.2) is 9.84 Å². The van der Waals surface area contributed by atoms with E-state index < -0.39 is 25.9 Å². The van der Waals surface area contributed by atoms with Gasteiger partial charge in [0.2, 0.25) is 15.3 Å². The lowest BCUT2D eigenvalue weighted by Gasteiger charge is -2.25. The first-order chi connectivity index (χ1) is 9.26. The second-order valence-corrected chi connectivity index (χ2v) is 8.91. The van der Waals surface area contributed by atoms with E-state index in [2.05, 4.69) is 9.97 Å². The highest BCUT2D eigenvalue weighted by Crippen LogP contribution is 2.24. The van der Waals surface area contributed by atoms with Crippen molar-refractivity contribution in [2.45, 2.75) is 24.3 Å². The molecule has 10 heteroatoms. The van der Waals surface area contributed by atoms with E-state index in [0.717, 1.165) is 12.4 Å². The summed E-state index contributed by atoms with van der Waals surface area (Å²) in [4.78, 5) is 7.21. The summed E-state index contributed by atoms with van der Waals surface area (Å²) >= 11 is 5.53. The molecule has 1 atom stereocenters. The molecule has 0 aliphatic carbocycles. The minimum absolute atomic E-state index is 0.0147.